The molecule has 1 atom stereocenters. The van der Waals surface area contributed by atoms with E-state index in [4.69, 9.17) is 0 Å². The predicted octanol–water partition coefficient (Wildman–Crippen LogP) is 1.09. The maximum absolute atomic E-state index is 13.0. The van der Waals surface area contributed by atoms with E-state index in [1.807, 2.05) is 37.3 Å². The third-order valence-corrected chi connectivity index (χ3v) is 5.26. The second kappa shape index (κ2) is 8.88. The fourth-order valence-corrected chi connectivity index (χ4v) is 3.80. The van der Waals surface area contributed by atoms with Gasteiger partial charge in [-0.15, -0.1) is 0 Å². The van der Waals surface area contributed by atoms with Crippen molar-refractivity contribution in [3.05, 3.63) is 35.9 Å². The van der Waals surface area contributed by atoms with Gasteiger partial charge in [0, 0.05) is 39.3 Å². The minimum Gasteiger partial charge on any atom is -0.338 e. The lowest BCUT2D eigenvalue weighted by Crippen LogP contribution is -2.56. The van der Waals surface area contributed by atoms with Crippen LogP contribution in [0, 0.1) is 0 Å². The van der Waals surface area contributed by atoms with Crippen molar-refractivity contribution < 1.29 is 14.4 Å². The van der Waals surface area contributed by atoms with Crippen molar-refractivity contribution in [3.8, 4) is 0 Å². The maximum Gasteiger partial charge on any atom is 0.317 e. The van der Waals surface area contributed by atoms with E-state index in [9.17, 15) is 14.4 Å². The number of hydrogen-bond donors (Lipinski definition) is 1. The molecule has 0 aliphatic carbocycles. The first kappa shape index (κ1) is 19.2. The molecule has 3 rings (SSSR count). The first-order valence-corrected chi connectivity index (χ1v) is 9.75. The molecule has 2 heterocycles. The highest BCUT2D eigenvalue weighted by Gasteiger charge is 2.37. The molecule has 0 saturated carbocycles. The summed E-state index contributed by atoms with van der Waals surface area (Å²) < 4.78 is 0. The first-order valence-electron chi connectivity index (χ1n) is 9.75. The van der Waals surface area contributed by atoms with Gasteiger partial charge in [0.1, 0.15) is 6.04 Å². The largest absolute Gasteiger partial charge is 0.338 e. The first-order chi connectivity index (χ1) is 13.1. The molecule has 7 nitrogen and oxygen atoms in total. The summed E-state index contributed by atoms with van der Waals surface area (Å²) in [7, 11) is 0. The summed E-state index contributed by atoms with van der Waals surface area (Å²) in [6.45, 7) is 5.23. The van der Waals surface area contributed by atoms with E-state index in [1.54, 1.807) is 14.7 Å². The molecular formula is C20H28N4O3. The number of nitrogens with zero attached hydrogens (tertiary/aromatic N) is 3. The summed E-state index contributed by atoms with van der Waals surface area (Å²) in [6, 6.07) is 9.20. The highest BCUT2D eigenvalue weighted by atomic mass is 16.2. The smallest absolute Gasteiger partial charge is 0.317 e. The maximum atomic E-state index is 13.0. The van der Waals surface area contributed by atoms with Crippen LogP contribution in [-0.4, -0.2) is 77.9 Å². The molecule has 2 aliphatic heterocycles. The van der Waals surface area contributed by atoms with Crippen LogP contribution in [0.4, 0.5) is 4.79 Å². The van der Waals surface area contributed by atoms with Gasteiger partial charge in [-0.3, -0.25) is 9.59 Å². The summed E-state index contributed by atoms with van der Waals surface area (Å²) in [5.74, 6) is 0.0301. The van der Waals surface area contributed by atoms with E-state index in [0.29, 0.717) is 45.7 Å². The molecule has 2 saturated heterocycles. The van der Waals surface area contributed by atoms with Crippen LogP contribution in [0.15, 0.2) is 30.3 Å². The Bertz CT molecular complexity index is 671. The Morgan fingerprint density at radius 1 is 1.00 bits per heavy atom. The molecule has 7 heteroatoms. The van der Waals surface area contributed by atoms with Crippen molar-refractivity contribution >= 4 is 17.8 Å². The second-order valence-corrected chi connectivity index (χ2v) is 7.06. The number of nitrogens with one attached hydrogen (secondary N) is 1. The number of benzene rings is 1. The summed E-state index contributed by atoms with van der Waals surface area (Å²) in [5.41, 5.74) is 0.969. The zero-order valence-electron chi connectivity index (χ0n) is 15.9. The number of likely N-dealkylation sites (tertiary alicyclic amines) is 1. The van der Waals surface area contributed by atoms with Crippen LogP contribution in [0.25, 0.3) is 0 Å². The van der Waals surface area contributed by atoms with Gasteiger partial charge in [-0.05, 0) is 25.3 Å². The topological polar surface area (TPSA) is 73.0 Å². The standard InChI is InChI=1S/C20H28N4O3/c1-2-21-20(27)23-13-11-22(12-14-23)19(26)17-9-6-10-24(17)18(25)15-16-7-4-3-5-8-16/h3-5,7-8,17H,2,6,9-15H2,1H3,(H,21,27). The monoisotopic (exact) mass is 372 g/mol. The van der Waals surface area contributed by atoms with Crippen LogP contribution in [0.5, 0.6) is 0 Å². The molecule has 0 bridgehead atoms. The summed E-state index contributed by atoms with van der Waals surface area (Å²) >= 11 is 0. The van der Waals surface area contributed by atoms with Crippen molar-refractivity contribution in [3.63, 3.8) is 0 Å². The molecule has 1 N–H and O–H groups in total. The highest BCUT2D eigenvalue weighted by molar-refractivity contribution is 5.89. The number of carbonyl (C=O) groups excluding carboxylic acids is 3. The number of carbonyl (C=O) groups is 3. The van der Waals surface area contributed by atoms with E-state index in [0.717, 1.165) is 18.4 Å². The van der Waals surface area contributed by atoms with Gasteiger partial charge in [-0.2, -0.15) is 0 Å². The average Bonchev–Trinajstić information content (AvgIpc) is 3.18. The molecule has 2 fully saturated rings. The molecule has 0 radical (unpaired) electrons. The van der Waals surface area contributed by atoms with E-state index in [2.05, 4.69) is 5.32 Å². The Balaban J connectivity index is 1.56. The van der Waals surface area contributed by atoms with Gasteiger partial charge in [0.15, 0.2) is 0 Å². The lowest BCUT2D eigenvalue weighted by molar-refractivity contribution is -0.144. The minimum atomic E-state index is -0.364. The number of urea groups is 1. The van der Waals surface area contributed by atoms with Crippen molar-refractivity contribution in [1.29, 1.82) is 0 Å². The van der Waals surface area contributed by atoms with Gasteiger partial charge in [-0.25, -0.2) is 4.79 Å². The van der Waals surface area contributed by atoms with Crippen LogP contribution in [-0.2, 0) is 16.0 Å². The zero-order valence-corrected chi connectivity index (χ0v) is 15.9. The van der Waals surface area contributed by atoms with Crippen molar-refractivity contribution in [2.45, 2.75) is 32.2 Å². The molecule has 2 aliphatic rings. The summed E-state index contributed by atoms with van der Waals surface area (Å²) in [5, 5.41) is 2.79. The van der Waals surface area contributed by atoms with Crippen LogP contribution in [0.3, 0.4) is 0 Å². The molecular weight excluding hydrogens is 344 g/mol. The lowest BCUT2D eigenvalue weighted by Gasteiger charge is -2.37. The van der Waals surface area contributed by atoms with Crippen LogP contribution >= 0.6 is 0 Å². The molecule has 0 aromatic heterocycles. The Morgan fingerprint density at radius 3 is 2.33 bits per heavy atom. The second-order valence-electron chi connectivity index (χ2n) is 7.06. The quantitative estimate of drug-likeness (QED) is 0.860. The van der Waals surface area contributed by atoms with Gasteiger partial charge in [0.2, 0.25) is 11.8 Å². The SMILES string of the molecule is CCNC(=O)N1CCN(C(=O)C2CCCN2C(=O)Cc2ccccc2)CC1. The molecule has 1 aromatic rings. The van der Waals surface area contributed by atoms with Crippen molar-refractivity contribution in [1.82, 2.24) is 20.0 Å². The van der Waals surface area contributed by atoms with Gasteiger partial charge in [0.05, 0.1) is 6.42 Å². The van der Waals surface area contributed by atoms with Crippen LogP contribution in [0.2, 0.25) is 0 Å². The van der Waals surface area contributed by atoms with Crippen molar-refractivity contribution in [2.75, 3.05) is 39.3 Å². The van der Waals surface area contributed by atoms with E-state index >= 15 is 0 Å². The molecule has 27 heavy (non-hydrogen) atoms. The van der Waals surface area contributed by atoms with Crippen LogP contribution < -0.4 is 5.32 Å². The summed E-state index contributed by atoms with van der Waals surface area (Å²) in [4.78, 5) is 42.9. The highest BCUT2D eigenvalue weighted by Crippen LogP contribution is 2.21. The van der Waals surface area contributed by atoms with Gasteiger partial charge < -0.3 is 20.0 Å². The number of hydrogen-bond acceptors (Lipinski definition) is 3. The Labute approximate surface area is 160 Å². The Kier molecular flexibility index (Phi) is 6.32. The van der Waals surface area contributed by atoms with Gasteiger partial charge in [-0.1, -0.05) is 30.3 Å². The molecule has 4 amide bonds. The Morgan fingerprint density at radius 2 is 1.67 bits per heavy atom. The van der Waals surface area contributed by atoms with E-state index < -0.39 is 0 Å². The molecule has 0 spiro atoms. The Hall–Kier alpha value is -2.57. The molecule has 1 aromatic carbocycles. The fraction of sp³-hybridized carbons (Fsp3) is 0.550. The zero-order chi connectivity index (χ0) is 19.2. The average molecular weight is 372 g/mol. The third kappa shape index (κ3) is 4.59. The summed E-state index contributed by atoms with van der Waals surface area (Å²) in [6.07, 6.45) is 1.90. The van der Waals surface area contributed by atoms with Gasteiger partial charge >= 0.3 is 6.03 Å². The molecule has 1 unspecified atom stereocenters. The third-order valence-electron chi connectivity index (χ3n) is 5.26. The predicted molar refractivity (Wildman–Crippen MR) is 102 cm³/mol. The van der Waals surface area contributed by atoms with Crippen molar-refractivity contribution in [2.24, 2.45) is 0 Å². The normalized spacial score (nSPS) is 19.9. The fourth-order valence-electron chi connectivity index (χ4n) is 3.80. The van der Waals surface area contributed by atoms with Gasteiger partial charge in [0.25, 0.3) is 0 Å². The van der Waals surface area contributed by atoms with E-state index in [-0.39, 0.29) is 23.9 Å². The molecule has 146 valence electrons. The number of rotatable bonds is 4. The minimum absolute atomic E-state index is 0.0120. The van der Waals surface area contributed by atoms with E-state index in [1.165, 1.54) is 0 Å². The van der Waals surface area contributed by atoms with Crippen LogP contribution in [0.1, 0.15) is 25.3 Å². The number of piperazine rings is 1. The lowest BCUT2D eigenvalue weighted by atomic mass is 10.1. The number of amides is 4.